The summed E-state index contributed by atoms with van der Waals surface area (Å²) >= 11 is 0. The van der Waals surface area contributed by atoms with E-state index in [-0.39, 0.29) is 0 Å². The van der Waals surface area contributed by atoms with Crippen LogP contribution in [0.4, 0.5) is 4.79 Å². The summed E-state index contributed by atoms with van der Waals surface area (Å²) in [6.45, 7) is 0. The summed E-state index contributed by atoms with van der Waals surface area (Å²) in [5.74, 6) is 0.644. The van der Waals surface area contributed by atoms with E-state index in [2.05, 4.69) is 54.3 Å². The van der Waals surface area contributed by atoms with Gasteiger partial charge in [-0.3, -0.25) is 0 Å². The van der Waals surface area contributed by atoms with E-state index in [0.29, 0.717) is 11.5 Å². The highest BCUT2D eigenvalue weighted by atomic mass is 16.4. The SMILES string of the molecule is NC(=O)O.Oc1ccccc1.Oc1ccccc1.c1ccc2c(c1)Cc1ccccc1-2. The van der Waals surface area contributed by atoms with Crippen LogP contribution in [0, 0.1) is 0 Å². The molecule has 0 atom stereocenters. The van der Waals surface area contributed by atoms with Crippen LogP contribution in [0.25, 0.3) is 11.1 Å². The van der Waals surface area contributed by atoms with E-state index in [1.807, 2.05) is 12.1 Å². The molecule has 1 aliphatic carbocycles. The van der Waals surface area contributed by atoms with Gasteiger partial charge < -0.3 is 21.1 Å². The maximum Gasteiger partial charge on any atom is 0.402 e. The summed E-state index contributed by atoms with van der Waals surface area (Å²) in [4.78, 5) is 8.78. The van der Waals surface area contributed by atoms with Crippen LogP contribution in [-0.4, -0.2) is 21.4 Å². The predicted octanol–water partition coefficient (Wildman–Crippen LogP) is 5.67. The van der Waals surface area contributed by atoms with Crippen molar-refractivity contribution in [3.63, 3.8) is 0 Å². The van der Waals surface area contributed by atoms with Crippen LogP contribution in [0.1, 0.15) is 11.1 Å². The van der Waals surface area contributed by atoms with E-state index in [1.54, 1.807) is 48.5 Å². The van der Waals surface area contributed by atoms with E-state index in [1.165, 1.54) is 22.3 Å². The number of amides is 1. The van der Waals surface area contributed by atoms with Crippen molar-refractivity contribution >= 4 is 6.09 Å². The predicted molar refractivity (Wildman–Crippen MR) is 123 cm³/mol. The molecule has 0 saturated carbocycles. The van der Waals surface area contributed by atoms with Gasteiger partial charge in [0.25, 0.3) is 0 Å². The van der Waals surface area contributed by atoms with Crippen LogP contribution < -0.4 is 5.73 Å². The number of hydrogen-bond acceptors (Lipinski definition) is 3. The van der Waals surface area contributed by atoms with Crippen molar-refractivity contribution < 1.29 is 20.1 Å². The smallest absolute Gasteiger partial charge is 0.402 e. The molecule has 4 aromatic carbocycles. The van der Waals surface area contributed by atoms with Gasteiger partial charge in [0.2, 0.25) is 0 Å². The summed E-state index contributed by atoms with van der Waals surface area (Å²) < 4.78 is 0. The fourth-order valence-electron chi connectivity index (χ4n) is 2.94. The molecule has 0 spiro atoms. The molecule has 0 heterocycles. The van der Waals surface area contributed by atoms with Crippen molar-refractivity contribution in [3.8, 4) is 22.6 Å². The van der Waals surface area contributed by atoms with Gasteiger partial charge in [0.1, 0.15) is 11.5 Å². The van der Waals surface area contributed by atoms with Crippen LogP contribution in [-0.2, 0) is 6.42 Å². The molecular weight excluding hydrogens is 390 g/mol. The van der Waals surface area contributed by atoms with E-state index in [0.717, 1.165) is 6.42 Å². The average Bonchev–Trinajstić information content (AvgIpc) is 3.14. The first-order valence-corrected chi connectivity index (χ1v) is 9.60. The maximum absolute atomic E-state index is 8.78. The first-order chi connectivity index (χ1) is 15.0. The third kappa shape index (κ3) is 8.33. The number of rotatable bonds is 0. The zero-order chi connectivity index (χ0) is 22.5. The lowest BCUT2D eigenvalue weighted by Crippen LogP contribution is -2.03. The van der Waals surface area contributed by atoms with Gasteiger partial charge in [-0.05, 0) is 52.9 Å². The molecule has 0 aromatic heterocycles. The molecule has 0 fully saturated rings. The number of primary amides is 1. The van der Waals surface area contributed by atoms with E-state index < -0.39 is 6.09 Å². The molecule has 5 nitrogen and oxygen atoms in total. The molecule has 158 valence electrons. The Labute approximate surface area is 181 Å². The highest BCUT2D eigenvalue weighted by Crippen LogP contribution is 2.35. The Morgan fingerprint density at radius 2 is 0.871 bits per heavy atom. The van der Waals surface area contributed by atoms with Crippen LogP contribution in [0.5, 0.6) is 11.5 Å². The summed E-state index contributed by atoms with van der Waals surface area (Å²) in [5, 5.41) is 24.5. The Balaban J connectivity index is 0.000000163. The number of para-hydroxylation sites is 2. The number of nitrogens with two attached hydrogens (primary N) is 1. The largest absolute Gasteiger partial charge is 0.508 e. The van der Waals surface area contributed by atoms with Gasteiger partial charge in [-0.25, -0.2) is 4.79 Å². The first-order valence-electron chi connectivity index (χ1n) is 9.60. The Hall–Kier alpha value is -4.25. The van der Waals surface area contributed by atoms with Gasteiger partial charge >= 0.3 is 6.09 Å². The summed E-state index contributed by atoms with van der Waals surface area (Å²) in [6, 6.07) is 34.7. The molecule has 4 aromatic rings. The fourth-order valence-corrected chi connectivity index (χ4v) is 2.94. The second kappa shape index (κ2) is 12.3. The van der Waals surface area contributed by atoms with Gasteiger partial charge in [0.05, 0.1) is 0 Å². The van der Waals surface area contributed by atoms with Crippen molar-refractivity contribution in [3.05, 3.63) is 120 Å². The number of benzene rings is 4. The third-order valence-electron chi connectivity index (χ3n) is 4.22. The Morgan fingerprint density at radius 1 is 0.581 bits per heavy atom. The van der Waals surface area contributed by atoms with Crippen molar-refractivity contribution in [1.82, 2.24) is 0 Å². The number of fused-ring (bicyclic) bond motifs is 3. The van der Waals surface area contributed by atoms with Crippen molar-refractivity contribution in [2.24, 2.45) is 5.73 Å². The molecule has 31 heavy (non-hydrogen) atoms. The van der Waals surface area contributed by atoms with Crippen LogP contribution in [0.15, 0.2) is 109 Å². The molecule has 0 saturated heterocycles. The van der Waals surface area contributed by atoms with E-state index in [9.17, 15) is 0 Å². The second-order valence-corrected chi connectivity index (χ2v) is 6.50. The molecule has 0 aliphatic heterocycles. The number of hydrogen-bond donors (Lipinski definition) is 4. The Kier molecular flexibility index (Phi) is 9.17. The van der Waals surface area contributed by atoms with Gasteiger partial charge in [-0.15, -0.1) is 0 Å². The summed E-state index contributed by atoms with van der Waals surface area (Å²) in [6.07, 6.45) is -0.230. The molecule has 1 amide bonds. The molecule has 1 aliphatic rings. The van der Waals surface area contributed by atoms with E-state index >= 15 is 0 Å². The van der Waals surface area contributed by atoms with Gasteiger partial charge in [-0.1, -0.05) is 84.9 Å². The topological polar surface area (TPSA) is 104 Å². The van der Waals surface area contributed by atoms with Crippen LogP contribution >= 0.6 is 0 Å². The quantitative estimate of drug-likeness (QED) is 0.262. The standard InChI is InChI=1S/C13H10.2C6H6O.CH3NO2/c1-3-7-12-10(5-1)9-11-6-2-4-8-13(11)12;2*7-6-4-2-1-3-5-6;2-1(3)4/h1-8H,9H2;2*1-5,7H;2H2,(H,3,4). The minimum absolute atomic E-state index is 0.322. The number of aromatic hydroxyl groups is 2. The highest BCUT2D eigenvalue weighted by Gasteiger charge is 2.15. The molecule has 0 unspecified atom stereocenters. The zero-order valence-electron chi connectivity index (χ0n) is 16.9. The normalized spacial score (nSPS) is 9.81. The summed E-state index contributed by atoms with van der Waals surface area (Å²) in [7, 11) is 0. The minimum atomic E-state index is -1.33. The monoisotopic (exact) mass is 415 g/mol. The Bertz CT molecular complexity index is 982. The van der Waals surface area contributed by atoms with Crippen LogP contribution in [0.2, 0.25) is 0 Å². The number of phenolic OH excluding ortho intramolecular Hbond substituents is 2. The molecule has 0 radical (unpaired) electrons. The zero-order valence-corrected chi connectivity index (χ0v) is 16.9. The van der Waals surface area contributed by atoms with Crippen molar-refractivity contribution in [2.45, 2.75) is 6.42 Å². The second-order valence-electron chi connectivity index (χ2n) is 6.50. The molecule has 5 rings (SSSR count). The van der Waals surface area contributed by atoms with Crippen LogP contribution in [0.3, 0.4) is 0 Å². The number of carboxylic acid groups (broad SMARTS) is 1. The van der Waals surface area contributed by atoms with Crippen molar-refractivity contribution in [1.29, 1.82) is 0 Å². The maximum atomic E-state index is 8.78. The number of carbonyl (C=O) groups is 1. The Morgan fingerprint density at radius 3 is 1.16 bits per heavy atom. The fraction of sp³-hybridized carbons (Fsp3) is 0.0385. The minimum Gasteiger partial charge on any atom is -0.508 e. The molecular formula is C26H25NO4. The summed E-state index contributed by atoms with van der Waals surface area (Å²) in [5.41, 5.74) is 9.78. The molecule has 5 N–H and O–H groups in total. The van der Waals surface area contributed by atoms with Gasteiger partial charge in [-0.2, -0.15) is 0 Å². The molecule has 5 heteroatoms. The van der Waals surface area contributed by atoms with Gasteiger partial charge in [0.15, 0.2) is 0 Å². The lowest BCUT2D eigenvalue weighted by Gasteiger charge is -1.98. The van der Waals surface area contributed by atoms with Gasteiger partial charge in [0, 0.05) is 0 Å². The first kappa shape index (κ1) is 23.0. The lowest BCUT2D eigenvalue weighted by molar-refractivity contribution is 0.205. The highest BCUT2D eigenvalue weighted by molar-refractivity contribution is 5.76. The number of phenols is 2. The average molecular weight is 415 g/mol. The molecule has 0 bridgehead atoms. The van der Waals surface area contributed by atoms with Crippen molar-refractivity contribution in [2.75, 3.05) is 0 Å². The van der Waals surface area contributed by atoms with E-state index in [4.69, 9.17) is 20.1 Å². The lowest BCUT2D eigenvalue weighted by atomic mass is 10.1. The third-order valence-corrected chi connectivity index (χ3v) is 4.22.